The van der Waals surface area contributed by atoms with Gasteiger partial charge in [0, 0.05) is 23.9 Å². The van der Waals surface area contributed by atoms with Crippen LogP contribution in [0, 0.1) is 11.3 Å². The topological polar surface area (TPSA) is 70.7 Å². The van der Waals surface area contributed by atoms with E-state index in [1.54, 1.807) is 10.8 Å². The van der Waals surface area contributed by atoms with Crippen molar-refractivity contribution in [1.29, 1.82) is 5.26 Å². The molecule has 1 amide bonds. The number of carbonyl (C=O) groups is 1. The Morgan fingerprint density at radius 1 is 0.935 bits per heavy atom. The highest BCUT2D eigenvalue weighted by atomic mass is 16.1. The first kappa shape index (κ1) is 19.9. The van der Waals surface area contributed by atoms with Gasteiger partial charge < -0.3 is 5.32 Å². The first-order valence-electron chi connectivity index (χ1n) is 9.89. The van der Waals surface area contributed by atoms with Gasteiger partial charge in [-0.25, -0.2) is 4.68 Å². The third-order valence-electron chi connectivity index (χ3n) is 4.77. The van der Waals surface area contributed by atoms with Crippen molar-refractivity contribution in [3.05, 3.63) is 114 Å². The fraction of sp³-hybridized carbons (Fsp3) is 0.0385. The summed E-state index contributed by atoms with van der Waals surface area (Å²) in [6, 6.07) is 31.0. The maximum atomic E-state index is 12.6. The number of para-hydroxylation sites is 1. The van der Waals surface area contributed by atoms with Crippen LogP contribution < -0.4 is 5.32 Å². The molecule has 0 bridgehead atoms. The summed E-state index contributed by atoms with van der Waals surface area (Å²) >= 11 is 0. The second-order valence-electron chi connectivity index (χ2n) is 6.92. The molecule has 4 rings (SSSR count). The molecule has 0 saturated carbocycles. The number of aromatic nitrogens is 2. The van der Waals surface area contributed by atoms with Crippen LogP contribution in [0.4, 0.5) is 0 Å². The number of rotatable bonds is 6. The molecule has 0 atom stereocenters. The van der Waals surface area contributed by atoms with Gasteiger partial charge in [-0.2, -0.15) is 10.4 Å². The van der Waals surface area contributed by atoms with Crippen LogP contribution in [0.25, 0.3) is 23.0 Å². The molecular weight excluding hydrogens is 384 g/mol. The van der Waals surface area contributed by atoms with E-state index in [-0.39, 0.29) is 5.57 Å². The summed E-state index contributed by atoms with van der Waals surface area (Å²) in [7, 11) is 0. The fourth-order valence-corrected chi connectivity index (χ4v) is 3.20. The molecule has 0 radical (unpaired) electrons. The van der Waals surface area contributed by atoms with Crippen LogP contribution in [0.2, 0.25) is 0 Å². The predicted octanol–water partition coefficient (Wildman–Crippen LogP) is 4.76. The smallest absolute Gasteiger partial charge is 0.262 e. The molecule has 31 heavy (non-hydrogen) atoms. The first-order valence-corrected chi connectivity index (χ1v) is 9.89. The van der Waals surface area contributed by atoms with Gasteiger partial charge in [0.2, 0.25) is 0 Å². The van der Waals surface area contributed by atoms with Gasteiger partial charge >= 0.3 is 0 Å². The Kier molecular flexibility index (Phi) is 6.01. The summed E-state index contributed by atoms with van der Waals surface area (Å²) in [5, 5.41) is 17.2. The average molecular weight is 404 g/mol. The van der Waals surface area contributed by atoms with Crippen molar-refractivity contribution in [2.75, 3.05) is 0 Å². The lowest BCUT2D eigenvalue weighted by molar-refractivity contribution is -0.117. The average Bonchev–Trinajstić information content (AvgIpc) is 3.27. The Hall–Kier alpha value is -4.43. The number of benzene rings is 3. The SMILES string of the molecule is N#C/C(=C/c1cn(-c2ccccc2)nc1-c1ccccc1)C(=O)NCc1ccccc1. The number of nitrogens with one attached hydrogen (secondary N) is 1. The molecule has 150 valence electrons. The molecule has 0 aliphatic carbocycles. The van der Waals surface area contributed by atoms with E-state index in [9.17, 15) is 10.1 Å². The highest BCUT2D eigenvalue weighted by Crippen LogP contribution is 2.25. The van der Waals surface area contributed by atoms with E-state index < -0.39 is 5.91 Å². The Morgan fingerprint density at radius 3 is 2.19 bits per heavy atom. The molecule has 0 unspecified atom stereocenters. The van der Waals surface area contributed by atoms with Crippen molar-refractivity contribution in [1.82, 2.24) is 15.1 Å². The van der Waals surface area contributed by atoms with Crippen LogP contribution in [0.5, 0.6) is 0 Å². The molecule has 3 aromatic carbocycles. The molecule has 0 spiro atoms. The number of amides is 1. The summed E-state index contributed by atoms with van der Waals surface area (Å²) in [6.45, 7) is 0.355. The summed E-state index contributed by atoms with van der Waals surface area (Å²) in [5.41, 5.74) is 4.20. The molecule has 0 saturated heterocycles. The molecule has 0 fully saturated rings. The number of hydrogen-bond acceptors (Lipinski definition) is 3. The van der Waals surface area contributed by atoms with Gasteiger partial charge in [-0.05, 0) is 23.8 Å². The lowest BCUT2D eigenvalue weighted by atomic mass is 10.1. The van der Waals surface area contributed by atoms with Crippen molar-refractivity contribution >= 4 is 12.0 Å². The summed E-state index contributed by atoms with van der Waals surface area (Å²) < 4.78 is 1.75. The van der Waals surface area contributed by atoms with E-state index in [2.05, 4.69) is 5.32 Å². The molecule has 1 N–H and O–H groups in total. The zero-order valence-electron chi connectivity index (χ0n) is 16.8. The quantitative estimate of drug-likeness (QED) is 0.372. The van der Waals surface area contributed by atoms with Gasteiger partial charge in [0.15, 0.2) is 0 Å². The van der Waals surface area contributed by atoms with Gasteiger partial charge in [-0.3, -0.25) is 4.79 Å². The van der Waals surface area contributed by atoms with Crippen LogP contribution in [0.15, 0.2) is 103 Å². The highest BCUT2D eigenvalue weighted by Gasteiger charge is 2.15. The molecule has 1 aromatic heterocycles. The molecule has 1 heterocycles. The van der Waals surface area contributed by atoms with E-state index in [0.29, 0.717) is 17.8 Å². The molecule has 5 heteroatoms. The Morgan fingerprint density at radius 2 is 1.55 bits per heavy atom. The Bertz CT molecular complexity index is 1240. The minimum Gasteiger partial charge on any atom is -0.347 e. The largest absolute Gasteiger partial charge is 0.347 e. The van der Waals surface area contributed by atoms with Crippen LogP contribution >= 0.6 is 0 Å². The lowest BCUT2D eigenvalue weighted by Crippen LogP contribution is -2.23. The van der Waals surface area contributed by atoms with E-state index in [4.69, 9.17) is 5.10 Å². The van der Waals surface area contributed by atoms with Crippen molar-refractivity contribution in [2.45, 2.75) is 6.54 Å². The van der Waals surface area contributed by atoms with Crippen LogP contribution in [0.1, 0.15) is 11.1 Å². The molecule has 0 aliphatic rings. The van der Waals surface area contributed by atoms with E-state index in [0.717, 1.165) is 16.8 Å². The van der Waals surface area contributed by atoms with Gasteiger partial charge in [-0.15, -0.1) is 0 Å². The van der Waals surface area contributed by atoms with E-state index in [1.165, 1.54) is 0 Å². The zero-order chi connectivity index (χ0) is 21.5. The second kappa shape index (κ2) is 9.38. The number of nitrogens with zero attached hydrogens (tertiary/aromatic N) is 3. The summed E-state index contributed by atoms with van der Waals surface area (Å²) in [4.78, 5) is 12.6. The van der Waals surface area contributed by atoms with Gasteiger partial charge in [0.05, 0.1) is 11.4 Å². The molecule has 5 nitrogen and oxygen atoms in total. The van der Waals surface area contributed by atoms with Crippen LogP contribution in [-0.2, 0) is 11.3 Å². The normalized spacial score (nSPS) is 11.0. The van der Waals surface area contributed by atoms with Crippen LogP contribution in [-0.4, -0.2) is 15.7 Å². The molecular formula is C26H20N4O. The maximum Gasteiger partial charge on any atom is 0.262 e. The van der Waals surface area contributed by atoms with Gasteiger partial charge in [0.1, 0.15) is 11.6 Å². The summed E-state index contributed by atoms with van der Waals surface area (Å²) in [5.74, 6) is -0.419. The standard InChI is InChI=1S/C26H20N4O/c27-17-22(26(31)28-18-20-10-4-1-5-11-20)16-23-19-30(24-14-8-3-9-15-24)29-25(23)21-12-6-2-7-13-21/h1-16,19H,18H2,(H,28,31)/b22-16-. The van der Waals surface area contributed by atoms with E-state index >= 15 is 0 Å². The van der Waals surface area contributed by atoms with Gasteiger partial charge in [0.25, 0.3) is 5.91 Å². The Labute approximate surface area is 180 Å². The minimum absolute atomic E-state index is 0.0284. The number of nitriles is 1. The fourth-order valence-electron chi connectivity index (χ4n) is 3.20. The predicted molar refractivity (Wildman–Crippen MR) is 121 cm³/mol. The van der Waals surface area contributed by atoms with E-state index in [1.807, 2.05) is 103 Å². The zero-order valence-corrected chi connectivity index (χ0v) is 16.8. The van der Waals surface area contributed by atoms with Crippen molar-refractivity contribution in [3.8, 4) is 23.0 Å². The molecule has 0 aliphatic heterocycles. The monoisotopic (exact) mass is 404 g/mol. The minimum atomic E-state index is -0.419. The third kappa shape index (κ3) is 4.77. The Balaban J connectivity index is 1.67. The number of hydrogen-bond donors (Lipinski definition) is 1. The highest BCUT2D eigenvalue weighted by molar-refractivity contribution is 6.02. The summed E-state index contributed by atoms with van der Waals surface area (Å²) in [6.07, 6.45) is 3.43. The van der Waals surface area contributed by atoms with Crippen molar-refractivity contribution < 1.29 is 4.79 Å². The number of carbonyl (C=O) groups excluding carboxylic acids is 1. The first-order chi connectivity index (χ1) is 15.2. The van der Waals surface area contributed by atoms with Crippen molar-refractivity contribution in [2.24, 2.45) is 0 Å². The van der Waals surface area contributed by atoms with Crippen LogP contribution in [0.3, 0.4) is 0 Å². The lowest BCUT2D eigenvalue weighted by Gasteiger charge is -2.04. The second-order valence-corrected chi connectivity index (χ2v) is 6.92. The van der Waals surface area contributed by atoms with Gasteiger partial charge in [-0.1, -0.05) is 78.9 Å². The molecule has 4 aromatic rings. The third-order valence-corrected chi connectivity index (χ3v) is 4.77. The maximum absolute atomic E-state index is 12.6. The van der Waals surface area contributed by atoms with Crippen molar-refractivity contribution in [3.63, 3.8) is 0 Å².